The van der Waals surface area contributed by atoms with E-state index in [2.05, 4.69) is 48.2 Å². The number of hydrogen-bond donors (Lipinski definition) is 1. The van der Waals surface area contributed by atoms with Gasteiger partial charge < -0.3 is 10.2 Å². The van der Waals surface area contributed by atoms with Crippen LogP contribution in [0.5, 0.6) is 0 Å². The summed E-state index contributed by atoms with van der Waals surface area (Å²) in [5, 5.41) is 3.15. The number of benzene rings is 1. The molecule has 0 radical (unpaired) electrons. The Morgan fingerprint density at radius 3 is 2.48 bits per heavy atom. The van der Waals surface area contributed by atoms with Crippen LogP contribution in [0.25, 0.3) is 0 Å². The zero-order chi connectivity index (χ0) is 16.8. The number of nitrogens with one attached hydrogen (secondary N) is 1. The van der Waals surface area contributed by atoms with E-state index >= 15 is 0 Å². The first-order chi connectivity index (χ1) is 11.0. The van der Waals surface area contributed by atoms with Crippen molar-refractivity contribution in [2.75, 3.05) is 18.9 Å². The average molecular weight is 312 g/mol. The highest BCUT2D eigenvalue weighted by atomic mass is 16.2. The normalized spacial score (nSPS) is 10.4. The van der Waals surface area contributed by atoms with Gasteiger partial charge in [-0.15, -0.1) is 0 Å². The topological polar surface area (TPSA) is 58.1 Å². The molecule has 5 heteroatoms. The second kappa shape index (κ2) is 7.72. The number of unbranched alkanes of at least 4 members (excludes halogenated alkanes) is 1. The highest BCUT2D eigenvalue weighted by molar-refractivity contribution is 5.93. The van der Waals surface area contributed by atoms with Crippen LogP contribution < -0.4 is 5.32 Å². The summed E-state index contributed by atoms with van der Waals surface area (Å²) in [6.45, 7) is 6.99. The van der Waals surface area contributed by atoms with Crippen molar-refractivity contribution in [3.8, 4) is 0 Å². The van der Waals surface area contributed by atoms with E-state index in [1.54, 1.807) is 24.3 Å². The molecule has 0 bridgehead atoms. The minimum atomic E-state index is -0.0452. The Labute approximate surface area is 137 Å². The van der Waals surface area contributed by atoms with Gasteiger partial charge in [0.1, 0.15) is 0 Å². The number of carbonyl (C=O) groups excluding carboxylic acids is 1. The quantitative estimate of drug-likeness (QED) is 0.883. The summed E-state index contributed by atoms with van der Waals surface area (Å²) in [7, 11) is 1.80. The maximum atomic E-state index is 12.2. The van der Waals surface area contributed by atoms with Crippen LogP contribution in [0, 0.1) is 13.8 Å². The van der Waals surface area contributed by atoms with E-state index in [4.69, 9.17) is 0 Å². The highest BCUT2D eigenvalue weighted by Gasteiger charge is 2.12. The van der Waals surface area contributed by atoms with Gasteiger partial charge in [-0.05, 0) is 43.5 Å². The fraction of sp³-hybridized carbons (Fsp3) is 0.389. The Kier molecular flexibility index (Phi) is 5.68. The zero-order valence-electron chi connectivity index (χ0n) is 14.3. The molecule has 0 saturated heterocycles. The Balaban J connectivity index is 2.04. The largest absolute Gasteiger partial charge is 0.342 e. The van der Waals surface area contributed by atoms with Gasteiger partial charge in [-0.3, -0.25) is 4.79 Å². The predicted molar refractivity (Wildman–Crippen MR) is 93.1 cm³/mol. The Morgan fingerprint density at radius 1 is 1.17 bits per heavy atom. The number of aryl methyl sites for hydroxylation is 2. The van der Waals surface area contributed by atoms with Crippen molar-refractivity contribution in [3.63, 3.8) is 0 Å². The summed E-state index contributed by atoms with van der Waals surface area (Å²) < 4.78 is 0. The fourth-order valence-corrected chi connectivity index (χ4v) is 2.17. The third kappa shape index (κ3) is 4.52. The van der Waals surface area contributed by atoms with Crippen molar-refractivity contribution < 1.29 is 4.79 Å². The van der Waals surface area contributed by atoms with Gasteiger partial charge >= 0.3 is 0 Å². The summed E-state index contributed by atoms with van der Waals surface area (Å²) in [6.07, 6.45) is 5.20. The highest BCUT2D eigenvalue weighted by Crippen LogP contribution is 2.17. The Bertz CT molecular complexity index is 667. The van der Waals surface area contributed by atoms with Gasteiger partial charge in [0.25, 0.3) is 5.91 Å². The van der Waals surface area contributed by atoms with E-state index in [1.165, 1.54) is 11.1 Å². The number of nitrogens with zero attached hydrogens (tertiary/aromatic N) is 3. The van der Waals surface area contributed by atoms with Crippen molar-refractivity contribution in [3.05, 3.63) is 47.3 Å². The van der Waals surface area contributed by atoms with Crippen molar-refractivity contribution >= 4 is 17.5 Å². The SMILES string of the molecule is CCCCN(C)C(=O)c1cnc(Nc2ccc(C)c(C)c2)nc1. The number of rotatable bonds is 6. The van der Waals surface area contributed by atoms with Crippen molar-refractivity contribution in [2.45, 2.75) is 33.6 Å². The van der Waals surface area contributed by atoms with E-state index in [-0.39, 0.29) is 5.91 Å². The van der Waals surface area contributed by atoms with Gasteiger partial charge in [-0.2, -0.15) is 0 Å². The summed E-state index contributed by atoms with van der Waals surface area (Å²) >= 11 is 0. The summed E-state index contributed by atoms with van der Waals surface area (Å²) in [5.74, 6) is 0.442. The molecule has 5 nitrogen and oxygen atoms in total. The molecule has 1 aromatic heterocycles. The Morgan fingerprint density at radius 2 is 1.87 bits per heavy atom. The smallest absolute Gasteiger partial charge is 0.256 e. The molecule has 0 fully saturated rings. The van der Waals surface area contributed by atoms with E-state index in [1.807, 2.05) is 6.07 Å². The molecular formula is C18H24N4O. The molecule has 0 aliphatic carbocycles. The van der Waals surface area contributed by atoms with Gasteiger partial charge in [0, 0.05) is 31.7 Å². The molecule has 2 rings (SSSR count). The molecule has 0 aliphatic rings. The van der Waals surface area contributed by atoms with Crippen LogP contribution in [0.15, 0.2) is 30.6 Å². The van der Waals surface area contributed by atoms with Crippen LogP contribution in [0.2, 0.25) is 0 Å². The number of hydrogen-bond acceptors (Lipinski definition) is 4. The van der Waals surface area contributed by atoms with Gasteiger partial charge in [0.05, 0.1) is 5.56 Å². The van der Waals surface area contributed by atoms with Crippen LogP contribution in [0.4, 0.5) is 11.6 Å². The zero-order valence-corrected chi connectivity index (χ0v) is 14.3. The standard InChI is InChI=1S/C18H24N4O/c1-5-6-9-22(4)17(23)15-11-19-18(20-12-15)21-16-8-7-13(2)14(3)10-16/h7-8,10-12H,5-6,9H2,1-4H3,(H,19,20,21). The van der Waals surface area contributed by atoms with Crippen LogP contribution in [0.3, 0.4) is 0 Å². The summed E-state index contributed by atoms with van der Waals surface area (Å²) in [4.78, 5) is 22.4. The molecule has 1 aromatic carbocycles. The molecule has 1 N–H and O–H groups in total. The number of aromatic nitrogens is 2. The first-order valence-electron chi connectivity index (χ1n) is 7.93. The first-order valence-corrected chi connectivity index (χ1v) is 7.93. The lowest BCUT2D eigenvalue weighted by atomic mass is 10.1. The third-order valence-electron chi connectivity index (χ3n) is 3.86. The molecule has 23 heavy (non-hydrogen) atoms. The summed E-state index contributed by atoms with van der Waals surface area (Å²) in [6, 6.07) is 6.10. The maximum Gasteiger partial charge on any atom is 0.256 e. The van der Waals surface area contributed by atoms with Crippen LogP contribution in [0.1, 0.15) is 41.3 Å². The number of anilines is 2. The number of amides is 1. The molecular weight excluding hydrogens is 288 g/mol. The van der Waals surface area contributed by atoms with Crippen molar-refractivity contribution in [1.29, 1.82) is 0 Å². The molecule has 0 aliphatic heterocycles. The van der Waals surface area contributed by atoms with E-state index in [0.717, 1.165) is 25.1 Å². The molecule has 0 saturated carbocycles. The van der Waals surface area contributed by atoms with Crippen molar-refractivity contribution in [1.82, 2.24) is 14.9 Å². The van der Waals surface area contributed by atoms with E-state index in [9.17, 15) is 4.79 Å². The fourth-order valence-electron chi connectivity index (χ4n) is 2.17. The molecule has 2 aromatic rings. The van der Waals surface area contributed by atoms with Gasteiger partial charge in [-0.25, -0.2) is 9.97 Å². The van der Waals surface area contributed by atoms with E-state index < -0.39 is 0 Å². The third-order valence-corrected chi connectivity index (χ3v) is 3.86. The molecule has 122 valence electrons. The minimum absolute atomic E-state index is 0.0452. The van der Waals surface area contributed by atoms with Crippen LogP contribution in [-0.2, 0) is 0 Å². The lowest BCUT2D eigenvalue weighted by Crippen LogP contribution is -2.27. The van der Waals surface area contributed by atoms with Gasteiger partial charge in [-0.1, -0.05) is 19.4 Å². The Hall–Kier alpha value is -2.43. The minimum Gasteiger partial charge on any atom is -0.342 e. The molecule has 1 amide bonds. The maximum absolute atomic E-state index is 12.2. The molecule has 0 spiro atoms. The molecule has 0 atom stereocenters. The summed E-state index contributed by atoms with van der Waals surface area (Å²) in [5.41, 5.74) is 3.90. The molecule has 0 unspecified atom stereocenters. The van der Waals surface area contributed by atoms with Crippen molar-refractivity contribution in [2.24, 2.45) is 0 Å². The second-order valence-electron chi connectivity index (χ2n) is 5.80. The molecule has 1 heterocycles. The monoisotopic (exact) mass is 312 g/mol. The van der Waals surface area contributed by atoms with Crippen LogP contribution in [-0.4, -0.2) is 34.4 Å². The van der Waals surface area contributed by atoms with Crippen LogP contribution >= 0.6 is 0 Å². The van der Waals surface area contributed by atoms with Gasteiger partial charge in [0.15, 0.2) is 0 Å². The second-order valence-corrected chi connectivity index (χ2v) is 5.80. The first kappa shape index (κ1) is 16.9. The predicted octanol–water partition coefficient (Wildman–Crippen LogP) is 3.71. The lowest BCUT2D eigenvalue weighted by molar-refractivity contribution is 0.0792. The van der Waals surface area contributed by atoms with E-state index in [0.29, 0.717) is 11.5 Å². The van der Waals surface area contributed by atoms with Gasteiger partial charge in [0.2, 0.25) is 5.95 Å². The number of carbonyl (C=O) groups is 1. The lowest BCUT2D eigenvalue weighted by Gasteiger charge is -2.16. The average Bonchev–Trinajstić information content (AvgIpc) is 2.56.